The van der Waals surface area contributed by atoms with Gasteiger partial charge < -0.3 is 16.0 Å². The van der Waals surface area contributed by atoms with Gasteiger partial charge in [0.05, 0.1) is 0 Å². The smallest absolute Gasteiger partial charge is 0.224 e. The highest BCUT2D eigenvalue weighted by molar-refractivity contribution is 5.92. The second kappa shape index (κ2) is 8.03. The lowest BCUT2D eigenvalue weighted by Gasteiger charge is -2.19. The Bertz CT molecular complexity index is 465. The number of rotatable bonds is 5. The van der Waals surface area contributed by atoms with E-state index in [0.717, 1.165) is 29.9 Å². The van der Waals surface area contributed by atoms with Crippen LogP contribution in [-0.2, 0) is 4.79 Å². The third-order valence-electron chi connectivity index (χ3n) is 4.23. The number of hydrogen-bond acceptors (Lipinski definition) is 3. The highest BCUT2D eigenvalue weighted by Crippen LogP contribution is 2.20. The molecule has 0 spiro atoms. The van der Waals surface area contributed by atoms with Gasteiger partial charge >= 0.3 is 0 Å². The molecule has 1 amide bonds. The average Bonchev–Trinajstić information content (AvgIpc) is 2.73. The van der Waals surface area contributed by atoms with Crippen molar-refractivity contribution in [2.75, 3.05) is 30.7 Å². The first kappa shape index (κ1) is 15.8. The van der Waals surface area contributed by atoms with Gasteiger partial charge in [0.15, 0.2) is 0 Å². The first-order valence-electron chi connectivity index (χ1n) is 8.04. The van der Waals surface area contributed by atoms with Crippen LogP contribution in [0.1, 0.15) is 44.1 Å². The normalized spacial score (nSPS) is 16.4. The van der Waals surface area contributed by atoms with Crippen molar-refractivity contribution in [3.63, 3.8) is 0 Å². The Kier molecular flexibility index (Phi) is 6.05. The van der Waals surface area contributed by atoms with E-state index in [2.05, 4.69) is 10.2 Å². The van der Waals surface area contributed by atoms with Crippen LogP contribution >= 0.6 is 0 Å². The molecule has 0 unspecified atom stereocenters. The number of likely N-dealkylation sites (tertiary alicyclic amines) is 1. The maximum atomic E-state index is 12.0. The van der Waals surface area contributed by atoms with Crippen molar-refractivity contribution < 1.29 is 4.79 Å². The number of nitrogen functional groups attached to an aromatic ring is 1. The lowest BCUT2D eigenvalue weighted by Crippen LogP contribution is -2.26. The Morgan fingerprint density at radius 1 is 1.24 bits per heavy atom. The summed E-state index contributed by atoms with van der Waals surface area (Å²) in [7, 11) is 0. The van der Waals surface area contributed by atoms with E-state index in [-0.39, 0.29) is 5.91 Å². The molecule has 0 aromatic heterocycles. The molecular formula is C17H27N3O. The molecule has 0 aliphatic carbocycles. The summed E-state index contributed by atoms with van der Waals surface area (Å²) in [6, 6.07) is 5.62. The summed E-state index contributed by atoms with van der Waals surface area (Å²) >= 11 is 0. The van der Waals surface area contributed by atoms with Crippen molar-refractivity contribution in [1.82, 2.24) is 4.90 Å². The number of hydrogen-bond donors (Lipinski definition) is 2. The van der Waals surface area contributed by atoms with E-state index in [1.807, 2.05) is 25.1 Å². The minimum Gasteiger partial charge on any atom is -0.398 e. The number of benzene rings is 1. The van der Waals surface area contributed by atoms with Gasteiger partial charge in [-0.05, 0) is 63.5 Å². The molecule has 21 heavy (non-hydrogen) atoms. The first-order valence-corrected chi connectivity index (χ1v) is 8.04. The number of amides is 1. The first-order chi connectivity index (χ1) is 10.2. The summed E-state index contributed by atoms with van der Waals surface area (Å²) in [5.74, 6) is 0.0820. The van der Waals surface area contributed by atoms with Gasteiger partial charge in [-0.25, -0.2) is 0 Å². The number of carbonyl (C=O) groups is 1. The third-order valence-corrected chi connectivity index (χ3v) is 4.23. The van der Waals surface area contributed by atoms with E-state index < -0.39 is 0 Å². The molecule has 4 heteroatoms. The van der Waals surface area contributed by atoms with E-state index in [0.29, 0.717) is 6.42 Å². The fraction of sp³-hybridized carbons (Fsp3) is 0.588. The van der Waals surface area contributed by atoms with Crippen LogP contribution in [0, 0.1) is 6.92 Å². The molecule has 0 saturated carbocycles. The van der Waals surface area contributed by atoms with Crippen LogP contribution in [0.2, 0.25) is 0 Å². The molecular weight excluding hydrogens is 262 g/mol. The van der Waals surface area contributed by atoms with Crippen LogP contribution in [0.4, 0.5) is 11.4 Å². The lowest BCUT2D eigenvalue weighted by atomic mass is 10.1. The van der Waals surface area contributed by atoms with Crippen molar-refractivity contribution >= 4 is 17.3 Å². The number of nitrogens with two attached hydrogens (primary N) is 1. The Morgan fingerprint density at radius 3 is 2.67 bits per heavy atom. The summed E-state index contributed by atoms with van der Waals surface area (Å²) < 4.78 is 0. The number of nitrogens with zero attached hydrogens (tertiary/aromatic N) is 1. The molecule has 3 N–H and O–H groups in total. The van der Waals surface area contributed by atoms with Gasteiger partial charge in [-0.15, -0.1) is 0 Å². The van der Waals surface area contributed by atoms with Crippen LogP contribution in [-0.4, -0.2) is 30.4 Å². The van der Waals surface area contributed by atoms with Gasteiger partial charge in [0, 0.05) is 17.8 Å². The quantitative estimate of drug-likeness (QED) is 0.819. The molecule has 116 valence electrons. The van der Waals surface area contributed by atoms with Crippen molar-refractivity contribution in [3.8, 4) is 0 Å². The molecule has 2 rings (SSSR count). The van der Waals surface area contributed by atoms with E-state index in [9.17, 15) is 4.79 Å². The molecule has 0 bridgehead atoms. The zero-order valence-corrected chi connectivity index (χ0v) is 13.0. The Hall–Kier alpha value is -1.55. The molecule has 1 aromatic carbocycles. The Balaban J connectivity index is 1.73. The molecule has 1 heterocycles. The van der Waals surface area contributed by atoms with Crippen LogP contribution in [0.25, 0.3) is 0 Å². The van der Waals surface area contributed by atoms with Gasteiger partial charge in [0.1, 0.15) is 0 Å². The Morgan fingerprint density at radius 2 is 1.95 bits per heavy atom. The van der Waals surface area contributed by atoms with Crippen molar-refractivity contribution in [2.24, 2.45) is 0 Å². The maximum absolute atomic E-state index is 12.0. The summed E-state index contributed by atoms with van der Waals surface area (Å²) in [5.41, 5.74) is 8.34. The fourth-order valence-electron chi connectivity index (χ4n) is 2.82. The largest absolute Gasteiger partial charge is 0.398 e. The second-order valence-electron chi connectivity index (χ2n) is 5.93. The monoisotopic (exact) mass is 289 g/mol. The lowest BCUT2D eigenvalue weighted by molar-refractivity contribution is -0.116. The number of anilines is 2. The second-order valence-corrected chi connectivity index (χ2v) is 5.93. The molecule has 0 atom stereocenters. The van der Waals surface area contributed by atoms with Gasteiger partial charge in [-0.3, -0.25) is 4.79 Å². The highest BCUT2D eigenvalue weighted by Gasteiger charge is 2.10. The van der Waals surface area contributed by atoms with Gasteiger partial charge in [0.25, 0.3) is 0 Å². The van der Waals surface area contributed by atoms with E-state index >= 15 is 0 Å². The van der Waals surface area contributed by atoms with Gasteiger partial charge in [-0.2, -0.15) is 0 Å². The van der Waals surface area contributed by atoms with Crippen molar-refractivity contribution in [3.05, 3.63) is 23.8 Å². The predicted octanol–water partition coefficient (Wildman–Crippen LogP) is 3.17. The standard InChI is InChI=1S/C17H27N3O/c1-14-15(18)8-6-9-16(14)19-17(21)10-7-13-20-11-4-2-3-5-12-20/h6,8-9H,2-5,7,10-13,18H2,1H3,(H,19,21). The molecule has 1 fully saturated rings. The Labute approximate surface area is 127 Å². The SMILES string of the molecule is Cc1c(N)cccc1NC(=O)CCCN1CCCCCC1. The molecule has 0 radical (unpaired) electrons. The molecule has 1 saturated heterocycles. The van der Waals surface area contributed by atoms with Gasteiger partial charge in [0.2, 0.25) is 5.91 Å². The maximum Gasteiger partial charge on any atom is 0.224 e. The summed E-state index contributed by atoms with van der Waals surface area (Å²) in [4.78, 5) is 14.5. The predicted molar refractivity (Wildman–Crippen MR) is 88.4 cm³/mol. The van der Waals surface area contributed by atoms with E-state index in [4.69, 9.17) is 5.73 Å². The van der Waals surface area contributed by atoms with Crippen LogP contribution in [0.5, 0.6) is 0 Å². The fourth-order valence-corrected chi connectivity index (χ4v) is 2.82. The summed E-state index contributed by atoms with van der Waals surface area (Å²) in [6.45, 7) is 5.34. The summed E-state index contributed by atoms with van der Waals surface area (Å²) in [5, 5.41) is 2.96. The molecule has 1 aromatic rings. The van der Waals surface area contributed by atoms with Crippen LogP contribution in [0.3, 0.4) is 0 Å². The van der Waals surface area contributed by atoms with Gasteiger partial charge in [-0.1, -0.05) is 18.9 Å². The molecule has 1 aliphatic rings. The van der Waals surface area contributed by atoms with E-state index in [1.54, 1.807) is 0 Å². The highest BCUT2D eigenvalue weighted by atomic mass is 16.1. The zero-order valence-electron chi connectivity index (χ0n) is 13.0. The number of nitrogens with one attached hydrogen (secondary N) is 1. The average molecular weight is 289 g/mol. The number of carbonyl (C=O) groups excluding carboxylic acids is 1. The minimum atomic E-state index is 0.0820. The summed E-state index contributed by atoms with van der Waals surface area (Å²) in [6.07, 6.45) is 6.80. The third kappa shape index (κ3) is 5.05. The topological polar surface area (TPSA) is 58.4 Å². The minimum absolute atomic E-state index is 0.0820. The van der Waals surface area contributed by atoms with Crippen molar-refractivity contribution in [2.45, 2.75) is 45.4 Å². The zero-order chi connectivity index (χ0) is 15.1. The van der Waals surface area contributed by atoms with E-state index in [1.165, 1.54) is 38.8 Å². The van der Waals surface area contributed by atoms with Crippen molar-refractivity contribution in [1.29, 1.82) is 0 Å². The van der Waals surface area contributed by atoms with Crippen LogP contribution in [0.15, 0.2) is 18.2 Å². The van der Waals surface area contributed by atoms with Crippen LogP contribution < -0.4 is 11.1 Å². The molecule has 4 nitrogen and oxygen atoms in total. The molecule has 1 aliphatic heterocycles.